The minimum atomic E-state index is -2.61. The third-order valence-electron chi connectivity index (χ3n) is 2.01. The molecule has 3 nitrogen and oxygen atoms in total. The summed E-state index contributed by atoms with van der Waals surface area (Å²) in [6.07, 6.45) is 3.96. The van der Waals surface area contributed by atoms with Crippen molar-refractivity contribution < 1.29 is 8.42 Å². The molecule has 1 N–H and O–H groups in total. The summed E-state index contributed by atoms with van der Waals surface area (Å²) in [5.74, 6) is 0. The summed E-state index contributed by atoms with van der Waals surface area (Å²) in [5.41, 5.74) is 3.13. The lowest BCUT2D eigenvalue weighted by Gasteiger charge is -1.93. The summed E-state index contributed by atoms with van der Waals surface area (Å²) < 4.78 is 22.8. The van der Waals surface area contributed by atoms with Crippen molar-refractivity contribution in [2.45, 2.75) is 19.3 Å². The third kappa shape index (κ3) is 3.38. The van der Waals surface area contributed by atoms with Crippen LogP contribution in [0.25, 0.3) is 0 Å². The largest absolute Gasteiger partial charge is 0.308 e. The van der Waals surface area contributed by atoms with Crippen LogP contribution in [0.15, 0.2) is 24.3 Å². The molecule has 0 amide bonds. The first kappa shape index (κ1) is 9.92. The Morgan fingerprint density at radius 3 is 1.85 bits per heavy atom. The smallest absolute Gasteiger partial charge is 0.188 e. The van der Waals surface area contributed by atoms with Crippen LogP contribution in [0.4, 0.5) is 0 Å². The lowest BCUT2D eigenvalue weighted by molar-refractivity contribution is 0.620. The highest BCUT2D eigenvalue weighted by atomic mass is 32.2. The first-order valence-electron chi connectivity index (χ1n) is 4.07. The second-order valence-corrected chi connectivity index (χ2v) is 3.33. The zero-order valence-corrected chi connectivity index (χ0v) is 7.97. The van der Waals surface area contributed by atoms with Gasteiger partial charge in [-0.2, -0.15) is 13.2 Å². The van der Waals surface area contributed by atoms with E-state index in [2.05, 4.69) is 24.3 Å². The maximum absolute atomic E-state index is 8.67. The van der Waals surface area contributed by atoms with Crippen LogP contribution >= 0.6 is 0 Å². The lowest BCUT2D eigenvalue weighted by atomic mass is 10.1. The van der Waals surface area contributed by atoms with Crippen LogP contribution < -0.4 is 0 Å². The number of hydrogen-bond donors (Lipinski definition) is 1. The summed E-state index contributed by atoms with van der Waals surface area (Å²) in [5, 5.41) is 0. The highest BCUT2D eigenvalue weighted by Crippen LogP contribution is 2.20. The molecule has 0 aromatic heterocycles. The van der Waals surface area contributed by atoms with Gasteiger partial charge in [-0.05, 0) is 30.4 Å². The van der Waals surface area contributed by atoms with Crippen molar-refractivity contribution in [3.8, 4) is 0 Å². The van der Waals surface area contributed by atoms with Crippen LogP contribution in [-0.2, 0) is 23.3 Å². The van der Waals surface area contributed by atoms with Crippen LogP contribution in [0.2, 0.25) is 0 Å². The molecule has 0 atom stereocenters. The van der Waals surface area contributed by atoms with Crippen LogP contribution in [0.3, 0.4) is 0 Å². The normalized spacial score (nSPS) is 12.6. The van der Waals surface area contributed by atoms with Gasteiger partial charge in [0.25, 0.3) is 0 Å². The molecule has 0 radical (unpaired) electrons. The fourth-order valence-electron chi connectivity index (χ4n) is 1.51. The van der Waals surface area contributed by atoms with E-state index in [1.54, 1.807) is 11.1 Å². The molecule has 13 heavy (non-hydrogen) atoms. The molecule has 0 unspecified atom stereocenters. The molecule has 0 fully saturated rings. The number of nitrogens with one attached hydrogen (secondary N) is 1. The highest BCUT2D eigenvalue weighted by Gasteiger charge is 2.07. The number of fused-ring (bicyclic) bond motifs is 1. The van der Waals surface area contributed by atoms with Crippen molar-refractivity contribution in [2.24, 2.45) is 0 Å². The summed E-state index contributed by atoms with van der Waals surface area (Å²) in [6.45, 7) is 0. The van der Waals surface area contributed by atoms with Crippen LogP contribution in [-0.4, -0.2) is 8.42 Å². The molecule has 0 spiro atoms. The van der Waals surface area contributed by atoms with Crippen molar-refractivity contribution in [1.29, 1.82) is 4.78 Å². The Balaban J connectivity index is 0.000000184. The van der Waals surface area contributed by atoms with E-state index in [0.29, 0.717) is 0 Å². The number of rotatable bonds is 0. The van der Waals surface area contributed by atoms with Gasteiger partial charge < -0.3 is 0 Å². The topological polar surface area (TPSA) is 58.0 Å². The van der Waals surface area contributed by atoms with Gasteiger partial charge in [0.05, 0.1) is 0 Å². The van der Waals surface area contributed by atoms with Gasteiger partial charge >= 0.3 is 10.5 Å². The Hall–Kier alpha value is -1.16. The van der Waals surface area contributed by atoms with E-state index in [-0.39, 0.29) is 0 Å². The summed E-state index contributed by atoms with van der Waals surface area (Å²) in [6, 6.07) is 8.74. The standard InChI is InChI=1S/C9H10.HNO2S/c1-2-5-9-7-3-6-8(9)4-1;1-4(2)3/h1-2,4-5H,3,6-7H2;1H. The van der Waals surface area contributed by atoms with Crippen LogP contribution in [0.5, 0.6) is 0 Å². The van der Waals surface area contributed by atoms with Gasteiger partial charge in [-0.25, -0.2) is 0 Å². The average Bonchev–Trinajstić information content (AvgIpc) is 2.49. The van der Waals surface area contributed by atoms with Gasteiger partial charge in [0.2, 0.25) is 0 Å². The zero-order valence-electron chi connectivity index (χ0n) is 7.16. The van der Waals surface area contributed by atoms with Crippen LogP contribution in [0.1, 0.15) is 17.5 Å². The predicted octanol–water partition coefficient (Wildman–Crippen LogP) is 1.80. The molecule has 0 saturated heterocycles. The average molecular weight is 197 g/mol. The van der Waals surface area contributed by atoms with Gasteiger partial charge in [0, 0.05) is 0 Å². The molecule has 1 aromatic carbocycles. The van der Waals surface area contributed by atoms with E-state index in [1.165, 1.54) is 19.3 Å². The Morgan fingerprint density at radius 1 is 1.08 bits per heavy atom. The van der Waals surface area contributed by atoms with Gasteiger partial charge in [0.15, 0.2) is 0 Å². The fourth-order valence-corrected chi connectivity index (χ4v) is 1.51. The van der Waals surface area contributed by atoms with Gasteiger partial charge in [-0.1, -0.05) is 24.3 Å². The van der Waals surface area contributed by atoms with E-state index in [1.807, 2.05) is 0 Å². The summed E-state index contributed by atoms with van der Waals surface area (Å²) in [4.78, 5) is 0. The number of benzene rings is 1. The van der Waals surface area contributed by atoms with Gasteiger partial charge in [-0.3, -0.25) is 0 Å². The van der Waals surface area contributed by atoms with E-state index < -0.39 is 10.5 Å². The molecule has 0 bridgehead atoms. The molecule has 4 heteroatoms. The molecular formula is C9H11NO2S. The minimum Gasteiger partial charge on any atom is -0.188 e. The first-order chi connectivity index (χ1) is 6.20. The minimum absolute atomic E-state index is 1.30. The molecule has 1 aliphatic carbocycles. The van der Waals surface area contributed by atoms with Gasteiger partial charge in [0.1, 0.15) is 0 Å². The van der Waals surface area contributed by atoms with Crippen molar-refractivity contribution in [3.63, 3.8) is 0 Å². The van der Waals surface area contributed by atoms with Crippen molar-refractivity contribution >= 4 is 10.5 Å². The molecule has 1 aromatic rings. The predicted molar refractivity (Wildman–Crippen MR) is 50.1 cm³/mol. The molecule has 70 valence electrons. The third-order valence-corrected chi connectivity index (χ3v) is 2.01. The lowest BCUT2D eigenvalue weighted by Crippen LogP contribution is -1.77. The highest BCUT2D eigenvalue weighted by molar-refractivity contribution is 7.60. The Morgan fingerprint density at radius 2 is 1.46 bits per heavy atom. The molecule has 2 rings (SSSR count). The second kappa shape index (κ2) is 4.77. The Labute approximate surface area is 78.9 Å². The maximum atomic E-state index is 8.67. The Kier molecular flexibility index (Phi) is 3.64. The monoisotopic (exact) mass is 197 g/mol. The summed E-state index contributed by atoms with van der Waals surface area (Å²) >= 11 is 0. The number of aryl methyl sites for hydroxylation is 2. The molecular weight excluding hydrogens is 186 g/mol. The molecule has 0 saturated carbocycles. The second-order valence-electron chi connectivity index (χ2n) is 2.86. The van der Waals surface area contributed by atoms with Crippen molar-refractivity contribution in [1.82, 2.24) is 0 Å². The first-order valence-corrected chi connectivity index (χ1v) is 5.15. The summed E-state index contributed by atoms with van der Waals surface area (Å²) in [7, 11) is -2.61. The molecule has 1 aliphatic rings. The number of hydrogen-bond acceptors (Lipinski definition) is 3. The quantitative estimate of drug-likeness (QED) is 0.689. The molecule has 0 heterocycles. The fraction of sp³-hybridized carbons (Fsp3) is 0.333. The molecule has 0 aliphatic heterocycles. The van der Waals surface area contributed by atoms with Crippen molar-refractivity contribution in [2.75, 3.05) is 0 Å². The zero-order chi connectivity index (χ0) is 9.68. The van der Waals surface area contributed by atoms with E-state index in [9.17, 15) is 0 Å². The maximum Gasteiger partial charge on any atom is 0.308 e. The van der Waals surface area contributed by atoms with E-state index in [4.69, 9.17) is 13.2 Å². The van der Waals surface area contributed by atoms with Crippen LogP contribution in [0, 0.1) is 4.78 Å². The van der Waals surface area contributed by atoms with E-state index >= 15 is 0 Å². The Bertz CT molecular complexity index is 353. The van der Waals surface area contributed by atoms with E-state index in [0.717, 1.165) is 0 Å². The SMILES string of the molecule is N=S(=O)=O.c1ccc2c(c1)CCC2. The van der Waals surface area contributed by atoms with Crippen molar-refractivity contribution in [3.05, 3.63) is 35.4 Å². The van der Waals surface area contributed by atoms with Gasteiger partial charge in [-0.15, -0.1) is 0 Å².